The number of hydrogen-bond acceptors (Lipinski definition) is 7. The van der Waals surface area contributed by atoms with E-state index in [-0.39, 0.29) is 16.1 Å². The topological polar surface area (TPSA) is 150 Å². The van der Waals surface area contributed by atoms with Crippen molar-refractivity contribution in [1.29, 1.82) is 0 Å². The summed E-state index contributed by atoms with van der Waals surface area (Å²) in [5, 5.41) is 24.4. The Morgan fingerprint density at radius 2 is 1.67 bits per heavy atom. The van der Waals surface area contributed by atoms with Gasteiger partial charge in [0.15, 0.2) is 9.84 Å². The van der Waals surface area contributed by atoms with Crippen molar-refractivity contribution < 1.29 is 23.1 Å². The molecule has 1 unspecified atom stereocenters. The lowest BCUT2D eigenvalue weighted by Crippen LogP contribution is -2.27. The lowest BCUT2D eigenvalue weighted by Gasteiger charge is -2.14. The Morgan fingerprint density at radius 3 is 2.22 bits per heavy atom. The molecule has 0 fully saturated rings. The van der Waals surface area contributed by atoms with Crippen LogP contribution in [0.15, 0.2) is 47.4 Å². The van der Waals surface area contributed by atoms with Crippen LogP contribution >= 0.6 is 0 Å². The molecule has 0 saturated heterocycles. The molecule has 0 aliphatic carbocycles. The van der Waals surface area contributed by atoms with Gasteiger partial charge in [-0.25, -0.2) is 8.42 Å². The smallest absolute Gasteiger partial charge is 0.271 e. The summed E-state index contributed by atoms with van der Waals surface area (Å²) in [4.78, 5) is 32.6. The van der Waals surface area contributed by atoms with Crippen LogP contribution in [-0.2, 0) is 9.84 Å². The first kappa shape index (κ1) is 20.0. The van der Waals surface area contributed by atoms with Gasteiger partial charge in [-0.3, -0.25) is 25.0 Å². The van der Waals surface area contributed by atoms with Crippen molar-refractivity contribution in [3.05, 3.63) is 73.8 Å². The number of nitro groups is 2. The highest BCUT2D eigenvalue weighted by atomic mass is 32.2. The summed E-state index contributed by atoms with van der Waals surface area (Å²) in [6, 6.07) is 7.85. The summed E-state index contributed by atoms with van der Waals surface area (Å²) >= 11 is 0. The molecular formula is C16H15N3O7S. The molecule has 0 spiro atoms. The number of nitrogens with zero attached hydrogens (tertiary/aromatic N) is 2. The normalized spacial score (nSPS) is 12.2. The molecule has 0 heterocycles. The van der Waals surface area contributed by atoms with E-state index in [2.05, 4.69) is 5.32 Å². The fourth-order valence-corrected chi connectivity index (χ4v) is 2.98. The van der Waals surface area contributed by atoms with E-state index in [9.17, 15) is 33.4 Å². The van der Waals surface area contributed by atoms with Gasteiger partial charge in [-0.2, -0.15) is 0 Å². The molecule has 2 aromatic carbocycles. The van der Waals surface area contributed by atoms with Crippen molar-refractivity contribution in [2.75, 3.05) is 6.26 Å². The van der Waals surface area contributed by atoms with Crippen molar-refractivity contribution >= 4 is 27.1 Å². The molecule has 1 N–H and O–H groups in total. The zero-order valence-electron chi connectivity index (χ0n) is 14.3. The summed E-state index contributed by atoms with van der Waals surface area (Å²) in [6.07, 6.45) is 0.874. The Hall–Kier alpha value is -3.34. The standard InChI is InChI=1S/C16H15N3O7S/c1-10(11-4-3-5-13(6-11)18(21)22)17-16(20)12-7-14(19(23)24)9-15(8-12)27(2,25)26/h3-10H,1-2H3,(H,17,20). The number of sulfone groups is 1. The molecule has 0 radical (unpaired) electrons. The molecule has 27 heavy (non-hydrogen) atoms. The van der Waals surface area contributed by atoms with Gasteiger partial charge in [-0.15, -0.1) is 0 Å². The van der Waals surface area contributed by atoms with E-state index in [1.54, 1.807) is 13.0 Å². The van der Waals surface area contributed by atoms with Crippen molar-refractivity contribution in [1.82, 2.24) is 5.32 Å². The lowest BCUT2D eigenvalue weighted by atomic mass is 10.1. The summed E-state index contributed by atoms with van der Waals surface area (Å²) in [6.45, 7) is 1.58. The SMILES string of the molecule is CC(NC(=O)c1cc([N+](=O)[O-])cc(S(C)(=O)=O)c1)c1cccc([N+](=O)[O-])c1. The fourth-order valence-electron chi connectivity index (χ4n) is 2.30. The van der Waals surface area contributed by atoms with Crippen LogP contribution in [0.25, 0.3) is 0 Å². The first-order chi connectivity index (χ1) is 12.5. The van der Waals surface area contributed by atoms with Crippen LogP contribution in [-0.4, -0.2) is 30.4 Å². The van der Waals surface area contributed by atoms with E-state index < -0.39 is 37.3 Å². The Morgan fingerprint density at radius 1 is 1.04 bits per heavy atom. The van der Waals surface area contributed by atoms with E-state index in [1.807, 2.05) is 0 Å². The number of hydrogen-bond donors (Lipinski definition) is 1. The van der Waals surface area contributed by atoms with Gasteiger partial charge in [0.1, 0.15) is 0 Å². The van der Waals surface area contributed by atoms with Crippen molar-refractivity contribution in [3.8, 4) is 0 Å². The van der Waals surface area contributed by atoms with Gasteiger partial charge in [-0.05, 0) is 18.6 Å². The number of amides is 1. The van der Waals surface area contributed by atoms with Crippen molar-refractivity contribution in [3.63, 3.8) is 0 Å². The number of carbonyl (C=O) groups is 1. The molecule has 142 valence electrons. The second kappa shape index (κ2) is 7.50. The number of carbonyl (C=O) groups excluding carboxylic acids is 1. The number of non-ortho nitro benzene ring substituents is 2. The maximum Gasteiger partial charge on any atom is 0.271 e. The van der Waals surface area contributed by atoms with E-state index in [0.717, 1.165) is 24.5 Å². The number of benzene rings is 2. The first-order valence-electron chi connectivity index (χ1n) is 7.54. The van der Waals surface area contributed by atoms with Crippen LogP contribution in [0.4, 0.5) is 11.4 Å². The minimum atomic E-state index is -3.77. The second-order valence-electron chi connectivity index (χ2n) is 5.79. The van der Waals surface area contributed by atoms with Crippen LogP contribution in [0.3, 0.4) is 0 Å². The predicted octanol–water partition coefficient (Wildman–Crippen LogP) is 2.40. The van der Waals surface area contributed by atoms with Crippen molar-refractivity contribution in [2.45, 2.75) is 17.9 Å². The van der Waals surface area contributed by atoms with Gasteiger partial charge < -0.3 is 5.32 Å². The second-order valence-corrected chi connectivity index (χ2v) is 7.81. The molecule has 0 bridgehead atoms. The van der Waals surface area contributed by atoms with Gasteiger partial charge in [0.25, 0.3) is 17.3 Å². The summed E-state index contributed by atoms with van der Waals surface area (Å²) in [5.74, 6) is -0.748. The van der Waals surface area contributed by atoms with Crippen LogP contribution in [0.2, 0.25) is 0 Å². The fraction of sp³-hybridized carbons (Fsp3) is 0.188. The molecule has 2 aromatic rings. The van der Waals surface area contributed by atoms with Gasteiger partial charge in [0.05, 0.1) is 20.8 Å². The predicted molar refractivity (Wildman–Crippen MR) is 95.2 cm³/mol. The van der Waals surface area contributed by atoms with E-state index in [4.69, 9.17) is 0 Å². The van der Waals surface area contributed by atoms with Gasteiger partial charge in [0, 0.05) is 36.1 Å². The first-order valence-corrected chi connectivity index (χ1v) is 9.43. The molecule has 0 saturated carbocycles. The highest BCUT2D eigenvalue weighted by molar-refractivity contribution is 7.90. The third-order valence-electron chi connectivity index (χ3n) is 3.72. The van der Waals surface area contributed by atoms with Gasteiger partial charge in [0.2, 0.25) is 0 Å². The average Bonchev–Trinajstić information content (AvgIpc) is 2.60. The van der Waals surface area contributed by atoms with Gasteiger partial charge in [-0.1, -0.05) is 12.1 Å². The van der Waals surface area contributed by atoms with Crippen LogP contribution in [0.1, 0.15) is 28.9 Å². The maximum absolute atomic E-state index is 12.4. The number of rotatable bonds is 6. The quantitative estimate of drug-likeness (QED) is 0.584. The molecule has 0 aromatic heterocycles. The Labute approximate surface area is 154 Å². The Kier molecular flexibility index (Phi) is 5.55. The van der Waals surface area contributed by atoms with Crippen LogP contribution in [0, 0.1) is 20.2 Å². The van der Waals surface area contributed by atoms with Crippen LogP contribution in [0.5, 0.6) is 0 Å². The third kappa shape index (κ3) is 4.85. The highest BCUT2D eigenvalue weighted by Crippen LogP contribution is 2.23. The minimum absolute atomic E-state index is 0.150. The number of nitrogens with one attached hydrogen (secondary N) is 1. The molecule has 1 amide bonds. The molecule has 10 nitrogen and oxygen atoms in total. The van der Waals surface area contributed by atoms with Crippen LogP contribution < -0.4 is 5.32 Å². The zero-order chi connectivity index (χ0) is 20.4. The average molecular weight is 393 g/mol. The minimum Gasteiger partial charge on any atom is -0.346 e. The maximum atomic E-state index is 12.4. The Bertz CT molecular complexity index is 1030. The zero-order valence-corrected chi connectivity index (χ0v) is 15.1. The van der Waals surface area contributed by atoms with Crippen molar-refractivity contribution in [2.24, 2.45) is 0 Å². The highest BCUT2D eigenvalue weighted by Gasteiger charge is 2.20. The van der Waals surface area contributed by atoms with E-state index >= 15 is 0 Å². The van der Waals surface area contributed by atoms with Gasteiger partial charge >= 0.3 is 0 Å². The lowest BCUT2D eigenvalue weighted by molar-refractivity contribution is -0.385. The molecule has 11 heteroatoms. The van der Waals surface area contributed by atoms with E-state index in [0.29, 0.717) is 5.56 Å². The summed E-state index contributed by atoms with van der Waals surface area (Å²) < 4.78 is 23.4. The molecule has 2 rings (SSSR count). The molecule has 0 aliphatic heterocycles. The summed E-state index contributed by atoms with van der Waals surface area (Å²) in [7, 11) is -3.77. The monoisotopic (exact) mass is 393 g/mol. The summed E-state index contributed by atoms with van der Waals surface area (Å²) in [5.41, 5.74) is -0.442. The largest absolute Gasteiger partial charge is 0.346 e. The molecule has 1 atom stereocenters. The van der Waals surface area contributed by atoms with E-state index in [1.165, 1.54) is 18.2 Å². The number of nitro benzene ring substituents is 2. The molecule has 0 aliphatic rings. The third-order valence-corrected chi connectivity index (χ3v) is 4.81. The Balaban J connectivity index is 2.35. The molecular weight excluding hydrogens is 378 g/mol.